The second kappa shape index (κ2) is 11.5. The number of hydrogen-bond acceptors (Lipinski definition) is 4. The molecule has 1 saturated carbocycles. The minimum atomic E-state index is -0.421. The number of carbonyl (C=O) groups is 1. The van der Waals surface area contributed by atoms with Crippen LogP contribution in [0.3, 0.4) is 0 Å². The number of hydrogen-bond donors (Lipinski definition) is 0. The third-order valence-corrected chi connectivity index (χ3v) is 8.48. The maximum Gasteiger partial charge on any atom is 0.246 e. The molecule has 5 heteroatoms. The summed E-state index contributed by atoms with van der Waals surface area (Å²) in [7, 11) is 0. The number of carbonyl (C=O) groups excluding carboxylic acids is 1. The van der Waals surface area contributed by atoms with Crippen molar-refractivity contribution in [2.45, 2.75) is 122 Å². The fraction of sp³-hybridized carbons (Fsp3) is 0.759. The van der Waals surface area contributed by atoms with Crippen LogP contribution in [-0.4, -0.2) is 35.5 Å². The lowest BCUT2D eigenvalue weighted by Gasteiger charge is -2.47. The summed E-state index contributed by atoms with van der Waals surface area (Å²) < 4.78 is 12.4. The van der Waals surface area contributed by atoms with E-state index in [0.717, 1.165) is 56.9 Å². The van der Waals surface area contributed by atoms with Gasteiger partial charge in [-0.2, -0.15) is 0 Å². The van der Waals surface area contributed by atoms with Gasteiger partial charge in [-0.1, -0.05) is 68.9 Å². The van der Waals surface area contributed by atoms with E-state index in [-0.39, 0.29) is 17.6 Å². The van der Waals surface area contributed by atoms with E-state index in [1.807, 2.05) is 5.06 Å². The van der Waals surface area contributed by atoms with Crippen molar-refractivity contribution in [2.24, 2.45) is 5.92 Å². The Morgan fingerprint density at radius 3 is 2.56 bits per heavy atom. The van der Waals surface area contributed by atoms with Gasteiger partial charge in [-0.15, -0.1) is 0 Å². The zero-order valence-corrected chi connectivity index (χ0v) is 21.7. The maximum atomic E-state index is 13.1. The lowest BCUT2D eigenvalue weighted by molar-refractivity contribution is -0.248. The summed E-state index contributed by atoms with van der Waals surface area (Å²) in [6.45, 7) is 7.80. The van der Waals surface area contributed by atoms with Crippen LogP contribution in [0.25, 0.3) is 0 Å². The molecule has 3 unspecified atom stereocenters. The summed E-state index contributed by atoms with van der Waals surface area (Å²) in [5.41, 5.74) is 2.17. The lowest BCUT2D eigenvalue weighted by Crippen LogP contribution is -2.53. The highest BCUT2D eigenvalue weighted by atomic mass is 16.7. The Bertz CT molecular complexity index is 788. The lowest BCUT2D eigenvalue weighted by atomic mass is 9.69. The first-order valence-corrected chi connectivity index (χ1v) is 13.8. The number of nitrogens with zero attached hydrogens (tertiary/aromatic N) is 1. The molecule has 1 aromatic carbocycles. The number of benzene rings is 1. The Morgan fingerprint density at radius 2 is 1.82 bits per heavy atom. The van der Waals surface area contributed by atoms with Crippen molar-refractivity contribution in [3.8, 4) is 0 Å². The summed E-state index contributed by atoms with van der Waals surface area (Å²) in [6.07, 6.45) is 13.8. The molecule has 4 rings (SSSR count). The van der Waals surface area contributed by atoms with Gasteiger partial charge in [0.2, 0.25) is 5.91 Å². The van der Waals surface area contributed by atoms with Gasteiger partial charge in [0.1, 0.15) is 6.10 Å². The third-order valence-electron chi connectivity index (χ3n) is 8.48. The van der Waals surface area contributed by atoms with Gasteiger partial charge >= 0.3 is 0 Å². The Morgan fingerprint density at radius 1 is 1.06 bits per heavy atom. The van der Waals surface area contributed by atoms with Crippen LogP contribution < -0.4 is 0 Å². The van der Waals surface area contributed by atoms with E-state index in [0.29, 0.717) is 25.6 Å². The van der Waals surface area contributed by atoms with Crippen LogP contribution in [0.4, 0.5) is 0 Å². The van der Waals surface area contributed by atoms with Crippen LogP contribution in [0.5, 0.6) is 0 Å². The fourth-order valence-electron chi connectivity index (χ4n) is 6.43. The first-order valence-electron chi connectivity index (χ1n) is 13.8. The number of unbranched alkanes of at least 4 members (excludes halogenated alkanes) is 3. The van der Waals surface area contributed by atoms with Gasteiger partial charge in [-0.3, -0.25) is 9.63 Å². The van der Waals surface area contributed by atoms with Gasteiger partial charge in [0, 0.05) is 19.3 Å². The van der Waals surface area contributed by atoms with Crippen molar-refractivity contribution < 1.29 is 19.1 Å². The summed E-state index contributed by atoms with van der Waals surface area (Å²) in [5, 5.41) is 1.83. The minimum absolute atomic E-state index is 0.145. The molecule has 3 aliphatic rings. The van der Waals surface area contributed by atoms with E-state index in [1.165, 1.54) is 31.2 Å². The number of hydroxylamine groups is 2. The molecule has 2 saturated heterocycles. The summed E-state index contributed by atoms with van der Waals surface area (Å²) in [5.74, 6) is 0.155. The highest BCUT2D eigenvalue weighted by molar-refractivity contribution is 5.78. The van der Waals surface area contributed by atoms with E-state index < -0.39 is 5.79 Å². The predicted molar refractivity (Wildman–Crippen MR) is 134 cm³/mol. The number of ether oxygens (including phenoxy) is 2. The monoisotopic (exact) mass is 471 g/mol. The molecule has 0 radical (unpaired) electrons. The van der Waals surface area contributed by atoms with Crippen LogP contribution in [0.1, 0.15) is 115 Å². The molecule has 0 N–H and O–H groups in total. The second-order valence-electron chi connectivity index (χ2n) is 10.8. The molecule has 34 heavy (non-hydrogen) atoms. The summed E-state index contributed by atoms with van der Waals surface area (Å²) in [6, 6.07) is 8.45. The van der Waals surface area contributed by atoms with E-state index in [9.17, 15) is 4.79 Å². The van der Waals surface area contributed by atoms with Crippen LogP contribution >= 0.6 is 0 Å². The Labute approximate surface area is 206 Å². The zero-order valence-electron chi connectivity index (χ0n) is 21.7. The molecule has 190 valence electrons. The van der Waals surface area contributed by atoms with Gasteiger partial charge in [-0.05, 0) is 57.4 Å². The van der Waals surface area contributed by atoms with Crippen LogP contribution in [0, 0.1) is 12.8 Å². The van der Waals surface area contributed by atoms with Crippen molar-refractivity contribution in [2.75, 3.05) is 13.2 Å². The molecule has 3 fully saturated rings. The average Bonchev–Trinajstić information content (AvgIpc) is 3.43. The largest absolute Gasteiger partial charge is 0.348 e. The van der Waals surface area contributed by atoms with Gasteiger partial charge in [-0.25, -0.2) is 5.06 Å². The number of rotatable bonds is 11. The van der Waals surface area contributed by atoms with Crippen LogP contribution in [0.15, 0.2) is 24.3 Å². The van der Waals surface area contributed by atoms with Crippen molar-refractivity contribution in [1.82, 2.24) is 5.06 Å². The Balaban J connectivity index is 1.45. The van der Waals surface area contributed by atoms with Gasteiger partial charge in [0.05, 0.1) is 18.8 Å². The van der Waals surface area contributed by atoms with Crippen molar-refractivity contribution in [1.29, 1.82) is 0 Å². The SMILES string of the molecule is CCCCCCC1(CCC2CCCCC23CCC(=O)N3OC(C)c2ccc(C)cc2)OCCO1. The predicted octanol–water partition coefficient (Wildman–Crippen LogP) is 7.03. The fourth-order valence-corrected chi connectivity index (χ4v) is 6.43. The van der Waals surface area contributed by atoms with Gasteiger partial charge in [0.25, 0.3) is 0 Å². The highest BCUT2D eigenvalue weighted by Crippen LogP contribution is 2.50. The number of amides is 1. The molecule has 1 spiro atoms. The molecule has 2 heterocycles. The maximum absolute atomic E-state index is 13.1. The van der Waals surface area contributed by atoms with Crippen molar-refractivity contribution in [3.63, 3.8) is 0 Å². The summed E-state index contributed by atoms with van der Waals surface area (Å²) >= 11 is 0. The molecule has 5 nitrogen and oxygen atoms in total. The summed E-state index contributed by atoms with van der Waals surface area (Å²) in [4.78, 5) is 19.6. The molecule has 0 aromatic heterocycles. The molecular weight excluding hydrogens is 426 g/mol. The standard InChI is InChI=1S/C29H45NO4/c1-4-5-6-8-18-29(32-21-22-33-29)20-15-26-10-7-9-17-28(26)19-16-27(31)30(28)34-24(3)25-13-11-23(2)12-14-25/h11-14,24,26H,4-10,15-22H2,1-3H3. The molecule has 1 aliphatic carbocycles. The molecule has 2 aliphatic heterocycles. The van der Waals surface area contributed by atoms with Crippen molar-refractivity contribution in [3.05, 3.63) is 35.4 Å². The number of aryl methyl sites for hydroxylation is 1. The molecule has 1 aromatic rings. The second-order valence-corrected chi connectivity index (χ2v) is 10.8. The quantitative estimate of drug-likeness (QED) is 0.325. The minimum Gasteiger partial charge on any atom is -0.348 e. The Hall–Kier alpha value is -1.43. The van der Waals surface area contributed by atoms with Crippen molar-refractivity contribution >= 4 is 5.91 Å². The van der Waals surface area contributed by atoms with E-state index in [2.05, 4.69) is 45.0 Å². The van der Waals surface area contributed by atoms with E-state index >= 15 is 0 Å². The van der Waals surface area contributed by atoms with Crippen LogP contribution in [-0.2, 0) is 19.1 Å². The zero-order chi connectivity index (χ0) is 24.0. The first kappa shape index (κ1) is 25.7. The van der Waals surface area contributed by atoms with Gasteiger partial charge < -0.3 is 9.47 Å². The molecular formula is C29H45NO4. The van der Waals surface area contributed by atoms with Gasteiger partial charge in [0.15, 0.2) is 5.79 Å². The highest BCUT2D eigenvalue weighted by Gasteiger charge is 2.53. The third kappa shape index (κ3) is 5.68. The average molecular weight is 472 g/mol. The topological polar surface area (TPSA) is 48.0 Å². The first-order chi connectivity index (χ1) is 16.5. The normalized spacial score (nSPS) is 27.6. The van der Waals surface area contributed by atoms with Crippen LogP contribution in [0.2, 0.25) is 0 Å². The molecule has 0 bridgehead atoms. The molecule has 3 atom stereocenters. The van der Waals surface area contributed by atoms with E-state index in [4.69, 9.17) is 14.3 Å². The Kier molecular flexibility index (Phi) is 8.71. The smallest absolute Gasteiger partial charge is 0.246 e. The van der Waals surface area contributed by atoms with E-state index in [1.54, 1.807) is 0 Å². The molecule has 1 amide bonds.